The van der Waals surface area contributed by atoms with Gasteiger partial charge in [-0.05, 0) is 36.8 Å². The zero-order valence-corrected chi connectivity index (χ0v) is 15.5. The van der Waals surface area contributed by atoms with Crippen LogP contribution < -0.4 is 4.90 Å². The molecule has 0 unspecified atom stereocenters. The molecule has 0 saturated carbocycles. The Hall–Kier alpha value is -1.95. The number of anilines is 2. The van der Waals surface area contributed by atoms with E-state index in [2.05, 4.69) is 15.9 Å². The molecule has 2 aromatic carbocycles. The molecule has 5 heteroatoms. The molecule has 2 aromatic rings. The first kappa shape index (κ1) is 17.9. The number of carbonyl (C=O) groups is 1. The van der Waals surface area contributed by atoms with Gasteiger partial charge in [-0.3, -0.25) is 9.69 Å². The number of nitrogens with zero attached hydrogens (tertiary/aromatic N) is 1. The van der Waals surface area contributed by atoms with Crippen LogP contribution in [-0.2, 0) is 10.4 Å². The molecule has 0 aliphatic carbocycles. The minimum atomic E-state index is -1.65. The van der Waals surface area contributed by atoms with Crippen LogP contribution in [0.25, 0.3) is 0 Å². The molecule has 130 valence electrons. The average molecular weight is 402 g/mol. The zero-order chi connectivity index (χ0) is 18.0. The van der Waals surface area contributed by atoms with E-state index < -0.39 is 11.5 Å². The molecule has 1 amide bonds. The van der Waals surface area contributed by atoms with Crippen LogP contribution in [0.1, 0.15) is 18.9 Å². The standard InChI is InChI=1S/C20H20BrNO3/c1-14(7-5-6-12-23)20(25)17-13-15(21)10-11-18(17)22(19(20)24)16-8-3-2-4-9-16/h2-5,7-11,13-14,23,25H,6,12H2,1H3/b7-5+/t14-,20+/m0/s1. The van der Waals surface area contributed by atoms with Gasteiger partial charge >= 0.3 is 0 Å². The van der Waals surface area contributed by atoms with E-state index in [4.69, 9.17) is 5.11 Å². The van der Waals surface area contributed by atoms with Gasteiger partial charge in [0.15, 0.2) is 5.60 Å². The fraction of sp³-hybridized carbons (Fsp3) is 0.250. The van der Waals surface area contributed by atoms with E-state index >= 15 is 0 Å². The SMILES string of the molecule is C[C@@H](/C=C/CCO)[C@]1(O)C(=O)N(c2ccccc2)c2ccc(Br)cc21. The number of hydrogen-bond acceptors (Lipinski definition) is 3. The van der Waals surface area contributed by atoms with Crippen molar-refractivity contribution in [3.05, 3.63) is 70.7 Å². The Morgan fingerprint density at radius 3 is 2.64 bits per heavy atom. The summed E-state index contributed by atoms with van der Waals surface area (Å²) in [4.78, 5) is 14.8. The van der Waals surface area contributed by atoms with Gasteiger partial charge in [-0.2, -0.15) is 0 Å². The van der Waals surface area contributed by atoms with Gasteiger partial charge in [0, 0.05) is 28.2 Å². The number of aliphatic hydroxyl groups is 2. The van der Waals surface area contributed by atoms with Crippen molar-refractivity contribution < 1.29 is 15.0 Å². The molecule has 2 N–H and O–H groups in total. The van der Waals surface area contributed by atoms with E-state index in [0.717, 1.165) is 10.2 Å². The predicted molar refractivity (Wildman–Crippen MR) is 102 cm³/mol. The van der Waals surface area contributed by atoms with Gasteiger partial charge in [-0.15, -0.1) is 0 Å². The van der Waals surface area contributed by atoms with Gasteiger partial charge in [0.2, 0.25) is 0 Å². The van der Waals surface area contributed by atoms with Crippen molar-refractivity contribution in [2.45, 2.75) is 18.9 Å². The molecule has 0 bridgehead atoms. The second-order valence-electron chi connectivity index (χ2n) is 6.13. The van der Waals surface area contributed by atoms with Crippen LogP contribution in [0.5, 0.6) is 0 Å². The molecule has 1 aliphatic rings. The number of carbonyl (C=O) groups excluding carboxylic acids is 1. The van der Waals surface area contributed by atoms with Crippen LogP contribution >= 0.6 is 15.9 Å². The van der Waals surface area contributed by atoms with E-state index in [1.165, 1.54) is 0 Å². The fourth-order valence-corrected chi connectivity index (χ4v) is 3.55. The number of rotatable bonds is 5. The first-order valence-corrected chi connectivity index (χ1v) is 8.99. The van der Waals surface area contributed by atoms with Crippen LogP contribution in [0, 0.1) is 5.92 Å². The van der Waals surface area contributed by atoms with E-state index in [-0.39, 0.29) is 12.5 Å². The molecular formula is C20H20BrNO3. The number of hydrogen-bond donors (Lipinski definition) is 2. The third-order valence-electron chi connectivity index (χ3n) is 4.53. The highest BCUT2D eigenvalue weighted by atomic mass is 79.9. The van der Waals surface area contributed by atoms with E-state index in [9.17, 15) is 9.90 Å². The highest BCUT2D eigenvalue weighted by Crippen LogP contribution is 2.48. The number of amides is 1. The van der Waals surface area contributed by atoms with Gasteiger partial charge in [0.05, 0.1) is 5.69 Å². The Bertz CT molecular complexity index is 806. The Morgan fingerprint density at radius 1 is 1.24 bits per heavy atom. The van der Waals surface area contributed by atoms with Gasteiger partial charge < -0.3 is 10.2 Å². The third-order valence-corrected chi connectivity index (χ3v) is 5.03. The van der Waals surface area contributed by atoms with Crippen molar-refractivity contribution >= 4 is 33.2 Å². The molecule has 4 nitrogen and oxygen atoms in total. The number of halogens is 1. The van der Waals surface area contributed by atoms with Crippen molar-refractivity contribution in [3.63, 3.8) is 0 Å². The van der Waals surface area contributed by atoms with Crippen molar-refractivity contribution in [3.8, 4) is 0 Å². The first-order valence-electron chi connectivity index (χ1n) is 8.19. The molecule has 1 aliphatic heterocycles. The topological polar surface area (TPSA) is 60.8 Å². The smallest absolute Gasteiger partial charge is 0.268 e. The Morgan fingerprint density at radius 2 is 1.96 bits per heavy atom. The summed E-state index contributed by atoms with van der Waals surface area (Å²) < 4.78 is 0.805. The Labute approximate surface area is 155 Å². The average Bonchev–Trinajstić information content (AvgIpc) is 2.84. The van der Waals surface area contributed by atoms with Crippen LogP contribution in [0.3, 0.4) is 0 Å². The lowest BCUT2D eigenvalue weighted by Crippen LogP contribution is -2.42. The quantitative estimate of drug-likeness (QED) is 0.747. The molecule has 1 heterocycles. The van der Waals surface area contributed by atoms with E-state index in [1.807, 2.05) is 49.4 Å². The van der Waals surface area contributed by atoms with Crippen molar-refractivity contribution in [2.75, 3.05) is 11.5 Å². The summed E-state index contributed by atoms with van der Waals surface area (Å²) in [5.74, 6) is -0.804. The molecule has 0 radical (unpaired) electrons. The monoisotopic (exact) mass is 401 g/mol. The summed E-state index contributed by atoms with van der Waals surface area (Å²) in [7, 11) is 0. The molecule has 0 aromatic heterocycles. The van der Waals surface area contributed by atoms with Gasteiger partial charge in [0.1, 0.15) is 0 Å². The fourth-order valence-electron chi connectivity index (χ4n) is 3.19. The largest absolute Gasteiger partial charge is 0.396 e. The maximum atomic E-state index is 13.2. The number of fused-ring (bicyclic) bond motifs is 1. The minimum Gasteiger partial charge on any atom is -0.396 e. The van der Waals surface area contributed by atoms with Gasteiger partial charge in [-0.1, -0.05) is 53.2 Å². The van der Waals surface area contributed by atoms with E-state index in [1.54, 1.807) is 23.1 Å². The molecular weight excluding hydrogens is 382 g/mol. The molecule has 25 heavy (non-hydrogen) atoms. The lowest BCUT2D eigenvalue weighted by molar-refractivity contribution is -0.138. The minimum absolute atomic E-state index is 0.0356. The summed E-state index contributed by atoms with van der Waals surface area (Å²) in [6.07, 6.45) is 4.06. The van der Waals surface area contributed by atoms with Crippen molar-refractivity contribution in [1.29, 1.82) is 0 Å². The summed E-state index contributed by atoms with van der Waals surface area (Å²) >= 11 is 3.43. The number of para-hydroxylation sites is 1. The highest BCUT2D eigenvalue weighted by Gasteiger charge is 2.53. The Kier molecular flexibility index (Phi) is 5.08. The summed E-state index contributed by atoms with van der Waals surface area (Å²) in [6, 6.07) is 14.8. The summed E-state index contributed by atoms with van der Waals surface area (Å²) in [6.45, 7) is 1.85. The van der Waals surface area contributed by atoms with E-state index in [0.29, 0.717) is 17.7 Å². The van der Waals surface area contributed by atoms with Gasteiger partial charge in [-0.25, -0.2) is 0 Å². The second kappa shape index (κ2) is 7.12. The van der Waals surface area contributed by atoms with Crippen molar-refractivity contribution in [2.24, 2.45) is 5.92 Å². The maximum Gasteiger partial charge on any atom is 0.268 e. The summed E-state index contributed by atoms with van der Waals surface area (Å²) in [5, 5.41) is 20.4. The van der Waals surface area contributed by atoms with Crippen LogP contribution in [0.15, 0.2) is 65.2 Å². The normalized spacial score (nSPS) is 21.0. The number of benzene rings is 2. The molecule has 2 atom stereocenters. The summed E-state index contributed by atoms with van der Waals surface area (Å²) in [5.41, 5.74) is 0.334. The third kappa shape index (κ3) is 3.03. The first-order chi connectivity index (χ1) is 12.0. The Balaban J connectivity index is 2.12. The number of aliphatic hydroxyl groups excluding tert-OH is 1. The zero-order valence-electron chi connectivity index (χ0n) is 13.9. The molecule has 0 spiro atoms. The lowest BCUT2D eigenvalue weighted by Gasteiger charge is -2.27. The maximum absolute atomic E-state index is 13.2. The van der Waals surface area contributed by atoms with Crippen LogP contribution in [0.2, 0.25) is 0 Å². The highest BCUT2D eigenvalue weighted by molar-refractivity contribution is 9.10. The van der Waals surface area contributed by atoms with Gasteiger partial charge in [0.25, 0.3) is 5.91 Å². The lowest BCUT2D eigenvalue weighted by atomic mass is 9.83. The molecule has 3 rings (SSSR count). The predicted octanol–water partition coefficient (Wildman–Crippen LogP) is 3.89. The molecule has 0 fully saturated rings. The second-order valence-corrected chi connectivity index (χ2v) is 7.05. The van der Waals surface area contributed by atoms with Crippen LogP contribution in [0.4, 0.5) is 11.4 Å². The van der Waals surface area contributed by atoms with Crippen LogP contribution in [-0.4, -0.2) is 22.7 Å². The van der Waals surface area contributed by atoms with Crippen molar-refractivity contribution in [1.82, 2.24) is 0 Å². The molecule has 0 saturated heterocycles.